The Labute approximate surface area is 118 Å². The third-order valence-electron chi connectivity index (χ3n) is 3.47. The highest BCUT2D eigenvalue weighted by Gasteiger charge is 2.25. The monoisotopic (exact) mass is 281 g/mol. The van der Waals surface area contributed by atoms with Crippen LogP contribution in [0.3, 0.4) is 0 Å². The Bertz CT molecular complexity index is 461. The topological polar surface area (TPSA) is 20.3 Å². The van der Waals surface area contributed by atoms with Crippen molar-refractivity contribution in [2.24, 2.45) is 0 Å². The van der Waals surface area contributed by atoms with Crippen LogP contribution in [0.2, 0.25) is 0 Å². The molecule has 1 aliphatic rings. The van der Waals surface area contributed by atoms with E-state index in [1.165, 1.54) is 6.07 Å². The van der Waals surface area contributed by atoms with Gasteiger partial charge in [0.25, 0.3) is 0 Å². The van der Waals surface area contributed by atoms with Crippen molar-refractivity contribution in [1.29, 1.82) is 0 Å². The second-order valence-corrected chi connectivity index (χ2v) is 7.34. The molecule has 2 rings (SSSR count). The number of thioether (sulfide) groups is 1. The molecule has 0 spiro atoms. The second kappa shape index (κ2) is 6.06. The van der Waals surface area contributed by atoms with Crippen molar-refractivity contribution in [2.45, 2.75) is 25.0 Å². The third kappa shape index (κ3) is 4.05. The summed E-state index contributed by atoms with van der Waals surface area (Å²) in [5.41, 5.74) is 0.207. The Hall–Kier alpha value is -0.870. The molecule has 0 amide bonds. The van der Waals surface area contributed by atoms with Crippen LogP contribution in [0.5, 0.6) is 0 Å². The van der Waals surface area contributed by atoms with Gasteiger partial charge in [0.1, 0.15) is 5.82 Å². The molecule has 0 radical (unpaired) electrons. The van der Waals surface area contributed by atoms with Gasteiger partial charge in [-0.1, -0.05) is 26.0 Å². The predicted molar refractivity (Wildman–Crippen MR) is 78.3 cm³/mol. The molecule has 0 N–H and O–H groups in total. The number of nitrogens with zero attached hydrogens (tertiary/aromatic N) is 1. The van der Waals surface area contributed by atoms with Gasteiger partial charge in [-0.05, 0) is 25.1 Å². The third-order valence-corrected chi connectivity index (χ3v) is 4.84. The van der Waals surface area contributed by atoms with Crippen molar-refractivity contribution in [3.05, 3.63) is 35.6 Å². The van der Waals surface area contributed by atoms with Crippen molar-refractivity contribution in [3.8, 4) is 0 Å². The number of Topliss-reactive ketones (excluding diaryl/α,β-unsaturated/α-hetero) is 1. The van der Waals surface area contributed by atoms with Crippen LogP contribution >= 0.6 is 11.8 Å². The van der Waals surface area contributed by atoms with Crippen molar-refractivity contribution < 1.29 is 9.18 Å². The minimum absolute atomic E-state index is 0.122. The molecule has 1 aromatic carbocycles. The number of carbonyl (C=O) groups excluding carboxylic acids is 1. The number of ketones is 1. The first kappa shape index (κ1) is 14.5. The van der Waals surface area contributed by atoms with Crippen LogP contribution < -0.4 is 0 Å². The molecule has 0 aromatic heterocycles. The summed E-state index contributed by atoms with van der Waals surface area (Å²) in [6.07, 6.45) is 1.06. The van der Waals surface area contributed by atoms with Gasteiger partial charge in [-0.25, -0.2) is 4.39 Å². The number of benzene rings is 1. The highest BCUT2D eigenvalue weighted by atomic mass is 32.2. The van der Waals surface area contributed by atoms with E-state index in [9.17, 15) is 9.18 Å². The molecule has 1 heterocycles. The average Bonchev–Trinajstić information content (AvgIpc) is 2.51. The molecule has 19 heavy (non-hydrogen) atoms. The SMILES string of the molecule is CC1(C)CCN(CC(=O)c2ccccc2F)CCS1. The Kier molecular flexibility index (Phi) is 4.63. The summed E-state index contributed by atoms with van der Waals surface area (Å²) in [6, 6.07) is 6.22. The molecule has 1 fully saturated rings. The first-order valence-electron chi connectivity index (χ1n) is 6.62. The van der Waals surface area contributed by atoms with Crippen molar-refractivity contribution in [1.82, 2.24) is 4.90 Å². The van der Waals surface area contributed by atoms with E-state index in [0.29, 0.717) is 6.54 Å². The van der Waals surface area contributed by atoms with E-state index >= 15 is 0 Å². The summed E-state index contributed by atoms with van der Waals surface area (Å²) in [7, 11) is 0. The van der Waals surface area contributed by atoms with Gasteiger partial charge in [0, 0.05) is 17.0 Å². The first-order valence-corrected chi connectivity index (χ1v) is 7.60. The van der Waals surface area contributed by atoms with E-state index in [2.05, 4.69) is 18.7 Å². The van der Waals surface area contributed by atoms with Gasteiger partial charge >= 0.3 is 0 Å². The Morgan fingerprint density at radius 2 is 2.11 bits per heavy atom. The second-order valence-electron chi connectivity index (χ2n) is 5.54. The van der Waals surface area contributed by atoms with Gasteiger partial charge in [0.15, 0.2) is 5.78 Å². The van der Waals surface area contributed by atoms with Gasteiger partial charge in [-0.2, -0.15) is 11.8 Å². The largest absolute Gasteiger partial charge is 0.295 e. The summed E-state index contributed by atoms with van der Waals surface area (Å²) < 4.78 is 13.8. The van der Waals surface area contributed by atoms with Gasteiger partial charge in [-0.3, -0.25) is 9.69 Å². The van der Waals surface area contributed by atoms with E-state index in [1.807, 2.05) is 11.8 Å². The van der Waals surface area contributed by atoms with Crippen LogP contribution in [0.25, 0.3) is 0 Å². The van der Waals surface area contributed by atoms with Gasteiger partial charge in [-0.15, -0.1) is 0 Å². The van der Waals surface area contributed by atoms with E-state index in [4.69, 9.17) is 0 Å². The average molecular weight is 281 g/mol. The lowest BCUT2D eigenvalue weighted by Gasteiger charge is -2.22. The molecule has 0 bridgehead atoms. The van der Waals surface area contributed by atoms with Crippen LogP contribution in [0.1, 0.15) is 30.6 Å². The molecule has 1 saturated heterocycles. The molecular formula is C15H20FNOS. The summed E-state index contributed by atoms with van der Waals surface area (Å²) >= 11 is 1.94. The zero-order valence-electron chi connectivity index (χ0n) is 11.5. The predicted octanol–water partition coefficient (Wildman–Crippen LogP) is 3.23. The maximum absolute atomic E-state index is 13.6. The summed E-state index contributed by atoms with van der Waals surface area (Å²) in [5, 5.41) is 0. The van der Waals surface area contributed by atoms with Gasteiger partial charge < -0.3 is 0 Å². The fourth-order valence-electron chi connectivity index (χ4n) is 2.20. The summed E-state index contributed by atoms with van der Waals surface area (Å²) in [6.45, 7) is 6.59. The van der Waals surface area contributed by atoms with Crippen LogP contribution in [0.4, 0.5) is 4.39 Å². The highest BCUT2D eigenvalue weighted by molar-refractivity contribution is 8.00. The molecule has 0 atom stereocenters. The lowest BCUT2D eigenvalue weighted by Crippen LogP contribution is -2.32. The van der Waals surface area contributed by atoms with E-state index in [1.54, 1.807) is 18.2 Å². The fourth-order valence-corrected chi connectivity index (χ4v) is 3.33. The zero-order valence-corrected chi connectivity index (χ0v) is 12.3. The van der Waals surface area contributed by atoms with Crippen molar-refractivity contribution >= 4 is 17.5 Å². The number of hydrogen-bond donors (Lipinski definition) is 0. The van der Waals surface area contributed by atoms with Crippen LogP contribution in [0, 0.1) is 5.82 Å². The smallest absolute Gasteiger partial charge is 0.179 e. The molecule has 1 aliphatic heterocycles. The van der Waals surface area contributed by atoms with Crippen LogP contribution in [0.15, 0.2) is 24.3 Å². The van der Waals surface area contributed by atoms with E-state index < -0.39 is 5.82 Å². The maximum atomic E-state index is 13.6. The summed E-state index contributed by atoms with van der Waals surface area (Å²) in [5.74, 6) is 0.484. The molecule has 0 unspecified atom stereocenters. The summed E-state index contributed by atoms with van der Waals surface area (Å²) in [4.78, 5) is 14.3. The van der Waals surface area contributed by atoms with Gasteiger partial charge in [0.05, 0.1) is 12.1 Å². The molecule has 104 valence electrons. The minimum Gasteiger partial charge on any atom is -0.295 e. The number of carbonyl (C=O) groups is 1. The van der Waals surface area contributed by atoms with E-state index in [0.717, 1.165) is 25.3 Å². The fraction of sp³-hybridized carbons (Fsp3) is 0.533. The molecule has 0 saturated carbocycles. The Balaban J connectivity index is 1.98. The standard InChI is InChI=1S/C15H20FNOS/c1-15(2)7-8-17(9-10-19-15)11-14(18)12-5-3-4-6-13(12)16/h3-6H,7-11H2,1-2H3. The van der Waals surface area contributed by atoms with Crippen molar-refractivity contribution in [3.63, 3.8) is 0 Å². The normalized spacial score (nSPS) is 19.9. The molecule has 4 heteroatoms. The Morgan fingerprint density at radius 3 is 2.84 bits per heavy atom. The van der Waals surface area contributed by atoms with Crippen LogP contribution in [-0.4, -0.2) is 40.8 Å². The molecule has 1 aromatic rings. The quantitative estimate of drug-likeness (QED) is 0.793. The molecule has 2 nitrogen and oxygen atoms in total. The molecular weight excluding hydrogens is 261 g/mol. The van der Waals surface area contributed by atoms with Gasteiger partial charge in [0.2, 0.25) is 0 Å². The number of halogens is 1. The number of hydrogen-bond acceptors (Lipinski definition) is 3. The lowest BCUT2D eigenvalue weighted by atomic mass is 10.1. The number of rotatable bonds is 3. The minimum atomic E-state index is -0.419. The maximum Gasteiger partial charge on any atom is 0.179 e. The van der Waals surface area contributed by atoms with Crippen molar-refractivity contribution in [2.75, 3.05) is 25.4 Å². The Morgan fingerprint density at radius 1 is 1.37 bits per heavy atom. The first-order chi connectivity index (χ1) is 8.98. The van der Waals surface area contributed by atoms with E-state index in [-0.39, 0.29) is 16.1 Å². The highest BCUT2D eigenvalue weighted by Crippen LogP contribution is 2.30. The molecule has 0 aliphatic carbocycles. The van der Waals surface area contributed by atoms with Crippen LogP contribution in [-0.2, 0) is 0 Å². The lowest BCUT2D eigenvalue weighted by molar-refractivity contribution is 0.0930. The zero-order chi connectivity index (χ0) is 13.9.